The molecule has 142 valence electrons. The molecule has 5 nitrogen and oxygen atoms in total. The molecule has 1 aliphatic carbocycles. The molecule has 24 heavy (non-hydrogen) atoms. The Morgan fingerprint density at radius 2 is 1.92 bits per heavy atom. The van der Waals surface area contributed by atoms with E-state index in [-0.39, 0.29) is 24.0 Å². The highest BCUT2D eigenvalue weighted by Gasteiger charge is 2.39. The average molecular weight is 470 g/mol. The van der Waals surface area contributed by atoms with Crippen molar-refractivity contribution in [1.82, 2.24) is 15.5 Å². The maximum Gasteiger partial charge on any atom is 0.191 e. The lowest BCUT2D eigenvalue weighted by atomic mass is 9.94. The van der Waals surface area contributed by atoms with E-state index in [1.807, 2.05) is 14.0 Å². The lowest BCUT2D eigenvalue weighted by Gasteiger charge is -2.43. The first kappa shape index (κ1) is 22.3. The van der Waals surface area contributed by atoms with Gasteiger partial charge in [-0.3, -0.25) is 9.89 Å². The van der Waals surface area contributed by atoms with Crippen LogP contribution >= 0.6 is 35.7 Å². The molecule has 1 aliphatic heterocycles. The van der Waals surface area contributed by atoms with Crippen LogP contribution in [0.25, 0.3) is 0 Å². The van der Waals surface area contributed by atoms with Crippen molar-refractivity contribution in [3.05, 3.63) is 0 Å². The molecular formula is C17H35IN4OS. The van der Waals surface area contributed by atoms with Gasteiger partial charge in [0.15, 0.2) is 5.96 Å². The molecule has 7 heteroatoms. The van der Waals surface area contributed by atoms with Gasteiger partial charge >= 0.3 is 0 Å². The number of nitrogens with zero attached hydrogens (tertiary/aromatic N) is 2. The number of hydrogen-bond acceptors (Lipinski definition) is 4. The molecule has 0 aromatic heterocycles. The Bertz CT molecular complexity index is 358. The van der Waals surface area contributed by atoms with E-state index >= 15 is 0 Å². The molecule has 0 bridgehead atoms. The summed E-state index contributed by atoms with van der Waals surface area (Å²) in [4.78, 5) is 7.12. The van der Waals surface area contributed by atoms with E-state index < -0.39 is 0 Å². The van der Waals surface area contributed by atoms with Gasteiger partial charge in [0.2, 0.25) is 0 Å². The van der Waals surface area contributed by atoms with Crippen molar-refractivity contribution in [3.63, 3.8) is 0 Å². The fourth-order valence-electron chi connectivity index (χ4n) is 3.67. The van der Waals surface area contributed by atoms with Crippen molar-refractivity contribution in [2.45, 2.75) is 44.6 Å². The van der Waals surface area contributed by atoms with Crippen molar-refractivity contribution in [2.24, 2.45) is 4.99 Å². The number of aliphatic imine (C=N–C) groups is 1. The van der Waals surface area contributed by atoms with E-state index in [1.54, 1.807) is 0 Å². The first-order valence-corrected chi connectivity index (χ1v) is 10.3. The molecule has 2 fully saturated rings. The number of halogens is 1. The SMILES string of the molecule is CCOCCCNC(=NC)NCC1(N2CCSCC2)CCCC1.I. The number of ether oxygens (including phenoxy) is 1. The summed E-state index contributed by atoms with van der Waals surface area (Å²) in [6.45, 7) is 8.06. The minimum Gasteiger partial charge on any atom is -0.382 e. The van der Waals surface area contributed by atoms with Gasteiger partial charge in [-0.2, -0.15) is 11.8 Å². The van der Waals surface area contributed by atoms with Gasteiger partial charge in [-0.25, -0.2) is 0 Å². The third kappa shape index (κ3) is 6.88. The maximum absolute atomic E-state index is 5.38. The molecule has 1 saturated carbocycles. The van der Waals surface area contributed by atoms with Crippen LogP contribution < -0.4 is 10.6 Å². The molecule has 0 radical (unpaired) electrons. The molecule has 0 aromatic carbocycles. The van der Waals surface area contributed by atoms with Crippen LogP contribution in [0, 0.1) is 0 Å². The van der Waals surface area contributed by atoms with Crippen LogP contribution in [0.1, 0.15) is 39.0 Å². The van der Waals surface area contributed by atoms with Crippen LogP contribution in [-0.2, 0) is 4.74 Å². The highest BCUT2D eigenvalue weighted by Crippen LogP contribution is 2.36. The standard InChI is InChI=1S/C17H34N4OS.HI/c1-3-22-12-6-9-19-16(18-2)20-15-17(7-4-5-8-17)21-10-13-23-14-11-21;/h3-15H2,1-2H3,(H2,18,19,20);1H. The van der Waals surface area contributed by atoms with Crippen LogP contribution in [0.15, 0.2) is 4.99 Å². The van der Waals surface area contributed by atoms with Crippen LogP contribution in [0.2, 0.25) is 0 Å². The van der Waals surface area contributed by atoms with E-state index in [0.29, 0.717) is 5.54 Å². The zero-order valence-electron chi connectivity index (χ0n) is 15.3. The third-order valence-electron chi connectivity index (χ3n) is 4.99. The van der Waals surface area contributed by atoms with E-state index in [4.69, 9.17) is 4.74 Å². The molecular weight excluding hydrogens is 435 g/mol. The van der Waals surface area contributed by atoms with Crippen LogP contribution in [-0.4, -0.2) is 74.3 Å². The molecule has 0 atom stereocenters. The molecule has 0 amide bonds. The van der Waals surface area contributed by atoms with Gasteiger partial charge in [0.25, 0.3) is 0 Å². The molecule has 0 spiro atoms. The maximum atomic E-state index is 5.38. The van der Waals surface area contributed by atoms with Crippen LogP contribution in [0.3, 0.4) is 0 Å². The number of rotatable bonds is 8. The van der Waals surface area contributed by atoms with E-state index in [9.17, 15) is 0 Å². The number of thioether (sulfide) groups is 1. The third-order valence-corrected chi connectivity index (χ3v) is 5.93. The molecule has 2 rings (SSSR count). The summed E-state index contributed by atoms with van der Waals surface area (Å²) in [6, 6.07) is 0. The molecule has 0 aromatic rings. The number of hydrogen-bond donors (Lipinski definition) is 2. The monoisotopic (exact) mass is 470 g/mol. The zero-order valence-corrected chi connectivity index (χ0v) is 18.5. The first-order valence-electron chi connectivity index (χ1n) is 9.16. The molecule has 1 heterocycles. The Labute approximate surface area is 169 Å². The summed E-state index contributed by atoms with van der Waals surface area (Å²) < 4.78 is 5.38. The van der Waals surface area contributed by atoms with Crippen molar-refractivity contribution in [1.29, 1.82) is 0 Å². The number of nitrogens with one attached hydrogen (secondary N) is 2. The average Bonchev–Trinajstić information content (AvgIpc) is 3.08. The summed E-state index contributed by atoms with van der Waals surface area (Å²) in [5.41, 5.74) is 0.351. The summed E-state index contributed by atoms with van der Waals surface area (Å²) in [5, 5.41) is 7.00. The van der Waals surface area contributed by atoms with Gasteiger partial charge in [0.05, 0.1) is 0 Å². The molecule has 0 unspecified atom stereocenters. The Hall–Kier alpha value is 0.270. The van der Waals surface area contributed by atoms with Gasteiger partial charge in [0, 0.05) is 63.5 Å². The van der Waals surface area contributed by atoms with Crippen molar-refractivity contribution in [2.75, 3.05) is 57.9 Å². The van der Waals surface area contributed by atoms with Gasteiger partial charge < -0.3 is 15.4 Å². The fourth-order valence-corrected chi connectivity index (χ4v) is 4.57. The van der Waals surface area contributed by atoms with Gasteiger partial charge in [0.1, 0.15) is 0 Å². The highest BCUT2D eigenvalue weighted by atomic mass is 127. The van der Waals surface area contributed by atoms with Gasteiger partial charge in [-0.1, -0.05) is 12.8 Å². The predicted molar refractivity (Wildman–Crippen MR) is 116 cm³/mol. The zero-order chi connectivity index (χ0) is 16.4. The molecule has 2 N–H and O–H groups in total. The quantitative estimate of drug-likeness (QED) is 0.247. The minimum atomic E-state index is 0. The van der Waals surface area contributed by atoms with E-state index in [2.05, 4.69) is 32.3 Å². The molecule has 1 saturated heterocycles. The summed E-state index contributed by atoms with van der Waals surface area (Å²) in [5.74, 6) is 3.50. The lowest BCUT2D eigenvalue weighted by molar-refractivity contribution is 0.107. The van der Waals surface area contributed by atoms with Gasteiger partial charge in [-0.15, -0.1) is 24.0 Å². The predicted octanol–water partition coefficient (Wildman–Crippen LogP) is 2.56. The van der Waals surface area contributed by atoms with Crippen LogP contribution in [0.5, 0.6) is 0 Å². The van der Waals surface area contributed by atoms with E-state index in [1.165, 1.54) is 50.3 Å². The normalized spacial score (nSPS) is 21.3. The second kappa shape index (κ2) is 12.6. The largest absolute Gasteiger partial charge is 0.382 e. The van der Waals surface area contributed by atoms with Gasteiger partial charge in [-0.05, 0) is 26.2 Å². The summed E-state index contributed by atoms with van der Waals surface area (Å²) in [6.07, 6.45) is 6.40. The Kier molecular flexibility index (Phi) is 11.7. The first-order chi connectivity index (χ1) is 11.3. The van der Waals surface area contributed by atoms with Crippen molar-refractivity contribution < 1.29 is 4.74 Å². The highest BCUT2D eigenvalue weighted by molar-refractivity contribution is 14.0. The summed E-state index contributed by atoms with van der Waals surface area (Å²) in [7, 11) is 1.86. The van der Waals surface area contributed by atoms with E-state index in [0.717, 1.165) is 38.7 Å². The fraction of sp³-hybridized carbons (Fsp3) is 0.941. The smallest absolute Gasteiger partial charge is 0.191 e. The second-order valence-corrected chi connectivity index (χ2v) is 7.66. The van der Waals surface area contributed by atoms with Crippen molar-refractivity contribution >= 4 is 41.7 Å². The summed E-state index contributed by atoms with van der Waals surface area (Å²) >= 11 is 2.09. The second-order valence-electron chi connectivity index (χ2n) is 6.43. The topological polar surface area (TPSA) is 48.9 Å². The Morgan fingerprint density at radius 3 is 2.54 bits per heavy atom. The Balaban J connectivity index is 0.00000288. The Morgan fingerprint density at radius 1 is 1.21 bits per heavy atom. The minimum absolute atomic E-state index is 0. The van der Waals surface area contributed by atoms with Crippen molar-refractivity contribution in [3.8, 4) is 0 Å². The van der Waals surface area contributed by atoms with Crippen LogP contribution in [0.4, 0.5) is 0 Å². The molecule has 2 aliphatic rings. The number of guanidine groups is 1. The lowest BCUT2D eigenvalue weighted by Crippen LogP contribution is -2.57.